The molecule has 0 fully saturated rings. The van der Waals surface area contributed by atoms with Crippen molar-refractivity contribution in [3.05, 3.63) is 24.3 Å². The second kappa shape index (κ2) is 5.73. The fourth-order valence-electron chi connectivity index (χ4n) is 1.45. The summed E-state index contributed by atoms with van der Waals surface area (Å²) in [5, 5.41) is 16.2. The number of hydrogen-bond donors (Lipinski definition) is 1. The quantitative estimate of drug-likeness (QED) is 0.668. The lowest BCUT2D eigenvalue weighted by Crippen LogP contribution is -2.19. The average Bonchev–Trinajstić information content (AvgIpc) is 2.82. The zero-order valence-corrected chi connectivity index (χ0v) is 10.2. The SMILES string of the molecule is CCOC(=O)C(C#N)N=Nc1nc2ccccc2[nH]1. The molecule has 96 valence electrons. The number of esters is 1. The fourth-order valence-corrected chi connectivity index (χ4v) is 1.45. The summed E-state index contributed by atoms with van der Waals surface area (Å²) >= 11 is 0. The van der Waals surface area contributed by atoms with Gasteiger partial charge in [-0.2, -0.15) is 10.4 Å². The normalized spacial score (nSPS) is 12.4. The first-order chi connectivity index (χ1) is 9.24. The van der Waals surface area contributed by atoms with Crippen molar-refractivity contribution in [2.75, 3.05) is 6.61 Å². The van der Waals surface area contributed by atoms with Crippen LogP contribution in [0, 0.1) is 11.3 Å². The molecule has 2 aromatic rings. The van der Waals surface area contributed by atoms with Gasteiger partial charge in [-0.05, 0) is 19.1 Å². The number of ether oxygens (including phenoxy) is 1. The van der Waals surface area contributed by atoms with E-state index in [1.54, 1.807) is 13.0 Å². The molecule has 2 rings (SSSR count). The van der Waals surface area contributed by atoms with Crippen LogP contribution in [0.4, 0.5) is 5.95 Å². The second-order valence-electron chi connectivity index (χ2n) is 3.58. The maximum absolute atomic E-state index is 11.3. The van der Waals surface area contributed by atoms with E-state index in [0.717, 1.165) is 11.0 Å². The number of nitrogens with one attached hydrogen (secondary N) is 1. The van der Waals surface area contributed by atoms with Crippen LogP contribution in [-0.4, -0.2) is 28.6 Å². The van der Waals surface area contributed by atoms with Gasteiger partial charge in [0.25, 0.3) is 6.04 Å². The molecule has 7 nitrogen and oxygen atoms in total. The summed E-state index contributed by atoms with van der Waals surface area (Å²) in [6.07, 6.45) is 0. The molecular weight excluding hydrogens is 246 g/mol. The van der Waals surface area contributed by atoms with Crippen LogP contribution in [0.5, 0.6) is 0 Å². The maximum Gasteiger partial charge on any atom is 0.347 e. The van der Waals surface area contributed by atoms with Crippen LogP contribution in [0.25, 0.3) is 11.0 Å². The summed E-state index contributed by atoms with van der Waals surface area (Å²) in [4.78, 5) is 18.4. The monoisotopic (exact) mass is 257 g/mol. The molecule has 0 saturated carbocycles. The van der Waals surface area contributed by atoms with Crippen LogP contribution in [-0.2, 0) is 9.53 Å². The van der Waals surface area contributed by atoms with Gasteiger partial charge in [0.2, 0.25) is 5.95 Å². The Balaban J connectivity index is 2.17. The number of carbonyl (C=O) groups excluding carboxylic acids is 1. The topological polar surface area (TPSA) is 103 Å². The van der Waals surface area contributed by atoms with Crippen molar-refractivity contribution in [1.29, 1.82) is 5.26 Å². The van der Waals surface area contributed by atoms with Crippen molar-refractivity contribution < 1.29 is 9.53 Å². The van der Waals surface area contributed by atoms with Gasteiger partial charge >= 0.3 is 5.97 Å². The minimum absolute atomic E-state index is 0.192. The Bertz CT molecular complexity index is 622. The van der Waals surface area contributed by atoms with Gasteiger partial charge < -0.3 is 9.72 Å². The van der Waals surface area contributed by atoms with Crippen LogP contribution in [0.2, 0.25) is 0 Å². The van der Waals surface area contributed by atoms with Crippen LogP contribution in [0.3, 0.4) is 0 Å². The first-order valence-electron chi connectivity index (χ1n) is 5.66. The highest BCUT2D eigenvalue weighted by molar-refractivity contribution is 5.79. The number of para-hydroxylation sites is 2. The number of fused-ring (bicyclic) bond motifs is 1. The molecule has 1 heterocycles. The number of rotatable bonds is 4. The highest BCUT2D eigenvalue weighted by atomic mass is 16.5. The van der Waals surface area contributed by atoms with Crippen molar-refractivity contribution in [3.8, 4) is 6.07 Å². The summed E-state index contributed by atoms with van der Waals surface area (Å²) < 4.78 is 4.70. The molecule has 0 aliphatic rings. The van der Waals surface area contributed by atoms with Gasteiger partial charge in [-0.1, -0.05) is 12.1 Å². The van der Waals surface area contributed by atoms with E-state index in [2.05, 4.69) is 20.2 Å². The number of imidazole rings is 1. The smallest absolute Gasteiger partial charge is 0.347 e. The van der Waals surface area contributed by atoms with E-state index in [1.165, 1.54) is 0 Å². The zero-order chi connectivity index (χ0) is 13.7. The lowest BCUT2D eigenvalue weighted by molar-refractivity contribution is -0.143. The summed E-state index contributed by atoms with van der Waals surface area (Å²) in [5.74, 6) is -0.476. The molecule has 0 spiro atoms. The molecule has 1 aromatic carbocycles. The minimum atomic E-state index is -1.27. The number of hydrogen-bond acceptors (Lipinski definition) is 6. The van der Waals surface area contributed by atoms with Gasteiger partial charge in [-0.15, -0.1) is 5.11 Å². The first kappa shape index (κ1) is 12.7. The van der Waals surface area contributed by atoms with Gasteiger partial charge in [0.1, 0.15) is 6.07 Å². The molecule has 1 N–H and O–H groups in total. The lowest BCUT2D eigenvalue weighted by atomic mass is 10.3. The molecule has 1 aromatic heterocycles. The second-order valence-corrected chi connectivity index (χ2v) is 3.58. The van der Waals surface area contributed by atoms with E-state index in [-0.39, 0.29) is 12.6 Å². The van der Waals surface area contributed by atoms with E-state index >= 15 is 0 Å². The Morgan fingerprint density at radius 2 is 2.37 bits per heavy atom. The van der Waals surface area contributed by atoms with Gasteiger partial charge in [-0.25, -0.2) is 9.78 Å². The Morgan fingerprint density at radius 1 is 1.58 bits per heavy atom. The largest absolute Gasteiger partial charge is 0.464 e. The molecule has 0 saturated heterocycles. The highest BCUT2D eigenvalue weighted by Crippen LogP contribution is 2.16. The number of benzene rings is 1. The molecule has 0 aliphatic heterocycles. The van der Waals surface area contributed by atoms with Crippen molar-refractivity contribution in [2.45, 2.75) is 13.0 Å². The van der Waals surface area contributed by atoms with Crippen molar-refractivity contribution in [3.63, 3.8) is 0 Å². The zero-order valence-electron chi connectivity index (χ0n) is 10.2. The molecule has 1 unspecified atom stereocenters. The van der Waals surface area contributed by atoms with E-state index < -0.39 is 12.0 Å². The van der Waals surface area contributed by atoms with E-state index in [4.69, 9.17) is 10.00 Å². The van der Waals surface area contributed by atoms with Gasteiger partial charge in [-0.3, -0.25) is 0 Å². The summed E-state index contributed by atoms with van der Waals surface area (Å²) in [6, 6.07) is 7.81. The van der Waals surface area contributed by atoms with Gasteiger partial charge in [0.15, 0.2) is 0 Å². The average molecular weight is 257 g/mol. The third kappa shape index (κ3) is 2.93. The van der Waals surface area contributed by atoms with Gasteiger partial charge in [0.05, 0.1) is 17.6 Å². The molecule has 7 heteroatoms. The third-order valence-electron chi connectivity index (χ3n) is 2.28. The van der Waals surface area contributed by atoms with E-state index in [0.29, 0.717) is 0 Å². The van der Waals surface area contributed by atoms with Crippen LogP contribution in [0.1, 0.15) is 6.92 Å². The number of aromatic amines is 1. The summed E-state index contributed by atoms with van der Waals surface area (Å²) in [7, 11) is 0. The predicted molar refractivity (Wildman–Crippen MR) is 66.6 cm³/mol. The first-order valence-corrected chi connectivity index (χ1v) is 5.66. The minimum Gasteiger partial charge on any atom is -0.464 e. The van der Waals surface area contributed by atoms with E-state index in [9.17, 15) is 4.79 Å². The maximum atomic E-state index is 11.3. The Kier molecular flexibility index (Phi) is 3.83. The number of aromatic nitrogens is 2. The fraction of sp³-hybridized carbons (Fsp3) is 0.250. The lowest BCUT2D eigenvalue weighted by Gasteiger charge is -2.00. The Hall–Kier alpha value is -2.75. The molecule has 19 heavy (non-hydrogen) atoms. The molecule has 0 radical (unpaired) electrons. The summed E-state index contributed by atoms with van der Waals surface area (Å²) in [6.45, 7) is 1.85. The highest BCUT2D eigenvalue weighted by Gasteiger charge is 2.18. The third-order valence-corrected chi connectivity index (χ3v) is 2.28. The number of nitrogens with zero attached hydrogens (tertiary/aromatic N) is 4. The molecule has 1 atom stereocenters. The molecule has 0 amide bonds. The predicted octanol–water partition coefficient (Wildman–Crippen LogP) is 2.10. The Morgan fingerprint density at radius 3 is 3.05 bits per heavy atom. The summed E-state index contributed by atoms with van der Waals surface area (Å²) in [5.41, 5.74) is 1.54. The van der Waals surface area contributed by atoms with Crippen molar-refractivity contribution >= 4 is 23.0 Å². The van der Waals surface area contributed by atoms with Crippen LogP contribution < -0.4 is 0 Å². The number of azo groups is 1. The standard InChI is InChI=1S/C12H11N5O2/c1-2-19-11(18)10(7-13)16-17-12-14-8-5-3-4-6-9(8)15-12/h3-6,10H,2H2,1H3,(H,14,15). The van der Waals surface area contributed by atoms with Crippen LogP contribution in [0.15, 0.2) is 34.5 Å². The number of H-pyrrole nitrogens is 1. The number of carbonyl (C=O) groups is 1. The van der Waals surface area contributed by atoms with E-state index in [1.807, 2.05) is 24.3 Å². The van der Waals surface area contributed by atoms with Crippen molar-refractivity contribution in [2.24, 2.45) is 10.2 Å². The van der Waals surface area contributed by atoms with Crippen LogP contribution >= 0.6 is 0 Å². The Labute approximate surface area is 108 Å². The van der Waals surface area contributed by atoms with Crippen molar-refractivity contribution in [1.82, 2.24) is 9.97 Å². The molecule has 0 aliphatic carbocycles. The number of nitriles is 1. The molecular formula is C12H11N5O2. The van der Waals surface area contributed by atoms with Gasteiger partial charge in [0, 0.05) is 0 Å². The molecule has 0 bridgehead atoms.